The zero-order chi connectivity index (χ0) is 28.4. The molecule has 2 fully saturated rings. The molecule has 2 rings (SSSR count). The van der Waals surface area contributed by atoms with Crippen molar-refractivity contribution in [2.24, 2.45) is 5.92 Å². The molecule has 210 valence electrons. The van der Waals surface area contributed by atoms with E-state index in [0.717, 1.165) is 0 Å². The van der Waals surface area contributed by atoms with Gasteiger partial charge in [-0.1, -0.05) is 32.8 Å². The summed E-state index contributed by atoms with van der Waals surface area (Å²) in [5, 5.41) is 10.7. The first-order valence-electron chi connectivity index (χ1n) is 10.2. The number of hydrogen-bond donors (Lipinski definition) is 1. The molecule has 36 heavy (non-hydrogen) atoms. The van der Waals surface area contributed by atoms with Crippen molar-refractivity contribution in [2.75, 3.05) is 0 Å². The molecule has 0 aromatic heterocycles. The first-order valence-corrected chi connectivity index (χ1v) is 10.2. The molecule has 3 unspecified atom stereocenters. The fourth-order valence-corrected chi connectivity index (χ4v) is 4.58. The van der Waals surface area contributed by atoms with Gasteiger partial charge >= 0.3 is 42.1 Å². The van der Waals surface area contributed by atoms with Crippen molar-refractivity contribution >= 4 is 5.97 Å². The van der Waals surface area contributed by atoms with Crippen LogP contribution >= 0.6 is 0 Å². The van der Waals surface area contributed by atoms with Crippen LogP contribution in [0.4, 0.5) is 57.1 Å². The highest BCUT2D eigenvalue weighted by molar-refractivity contribution is 5.89. The van der Waals surface area contributed by atoms with Crippen molar-refractivity contribution in [1.82, 2.24) is 0 Å². The van der Waals surface area contributed by atoms with Gasteiger partial charge < -0.3 is 14.6 Å². The van der Waals surface area contributed by atoms with Crippen molar-refractivity contribution in [3.8, 4) is 0 Å². The van der Waals surface area contributed by atoms with Gasteiger partial charge in [0.1, 0.15) is 5.57 Å². The molecule has 0 spiro atoms. The minimum Gasteiger partial charge on any atom is -0.414 e. The van der Waals surface area contributed by atoms with Gasteiger partial charge in [0.05, 0.1) is 0 Å². The van der Waals surface area contributed by atoms with E-state index >= 15 is 17.6 Å². The van der Waals surface area contributed by atoms with Gasteiger partial charge in [-0.2, -0.15) is 57.1 Å². The summed E-state index contributed by atoms with van der Waals surface area (Å²) in [6.07, 6.45) is -24.1. The topological polar surface area (TPSA) is 55.8 Å². The number of rotatable bonds is 4. The SMILES string of the molecule is C=C(C(=O)OC1(C(F)(F)F)OC(CC)(C(F)(F)F)C(F)(F)C(O)(C2CCCCC2)C1(F)F)C(F)(F)F. The first-order chi connectivity index (χ1) is 15.9. The van der Waals surface area contributed by atoms with Crippen molar-refractivity contribution in [1.29, 1.82) is 0 Å². The van der Waals surface area contributed by atoms with Crippen LogP contribution in [0.2, 0.25) is 0 Å². The molecule has 1 heterocycles. The number of hydrogen-bond acceptors (Lipinski definition) is 4. The molecule has 0 radical (unpaired) electrons. The Labute approximate surface area is 194 Å². The Hall–Kier alpha value is -1.78. The van der Waals surface area contributed by atoms with Crippen molar-refractivity contribution in [2.45, 2.75) is 92.8 Å². The number of esters is 1. The van der Waals surface area contributed by atoms with Crippen LogP contribution in [0.5, 0.6) is 0 Å². The minimum atomic E-state index is -7.08. The van der Waals surface area contributed by atoms with E-state index in [1.807, 2.05) is 6.58 Å². The summed E-state index contributed by atoms with van der Waals surface area (Å²) in [5.74, 6) is -25.3. The lowest BCUT2D eigenvalue weighted by atomic mass is 9.61. The molecule has 3 atom stereocenters. The van der Waals surface area contributed by atoms with Crippen molar-refractivity contribution < 1.29 is 76.5 Å². The Bertz CT molecular complexity index is 872. The Morgan fingerprint density at radius 2 is 1.39 bits per heavy atom. The van der Waals surface area contributed by atoms with E-state index in [1.165, 1.54) is 0 Å². The van der Waals surface area contributed by atoms with Crippen LogP contribution in [0.1, 0.15) is 45.4 Å². The molecule has 1 N–H and O–H groups in total. The average molecular weight is 558 g/mol. The van der Waals surface area contributed by atoms with Crippen LogP contribution in [-0.4, -0.2) is 58.4 Å². The molecule has 0 bridgehead atoms. The average Bonchev–Trinajstić information content (AvgIpc) is 2.72. The van der Waals surface area contributed by atoms with Crippen LogP contribution in [0, 0.1) is 5.92 Å². The van der Waals surface area contributed by atoms with Gasteiger partial charge in [-0.25, -0.2) is 4.79 Å². The van der Waals surface area contributed by atoms with Crippen molar-refractivity contribution in [3.63, 3.8) is 0 Å². The number of aliphatic hydroxyl groups is 1. The fourth-order valence-electron chi connectivity index (χ4n) is 4.58. The lowest BCUT2D eigenvalue weighted by molar-refractivity contribution is -0.562. The molecular formula is C19H19F13O4. The molecule has 1 saturated heterocycles. The third-order valence-electron chi connectivity index (χ3n) is 6.55. The number of carbonyl (C=O) groups is 1. The minimum absolute atomic E-state index is 0.142. The van der Waals surface area contributed by atoms with Crippen LogP contribution in [-0.2, 0) is 14.3 Å². The van der Waals surface area contributed by atoms with Gasteiger partial charge in [0.25, 0.3) is 0 Å². The number of halogens is 13. The predicted molar refractivity (Wildman–Crippen MR) is 91.7 cm³/mol. The van der Waals surface area contributed by atoms with Crippen LogP contribution < -0.4 is 0 Å². The second-order valence-electron chi connectivity index (χ2n) is 8.51. The number of carbonyl (C=O) groups excluding carboxylic acids is 1. The monoisotopic (exact) mass is 558 g/mol. The fraction of sp³-hybridized carbons (Fsp3) is 0.842. The van der Waals surface area contributed by atoms with Crippen molar-refractivity contribution in [3.05, 3.63) is 12.2 Å². The molecule has 2 aliphatic rings. The Balaban J connectivity index is 3.00. The maximum Gasteiger partial charge on any atom is 0.462 e. The number of ether oxygens (including phenoxy) is 2. The highest BCUT2D eigenvalue weighted by Gasteiger charge is 2.97. The van der Waals surface area contributed by atoms with Gasteiger partial charge in [-0.15, -0.1) is 0 Å². The van der Waals surface area contributed by atoms with E-state index < -0.39 is 84.1 Å². The largest absolute Gasteiger partial charge is 0.462 e. The lowest BCUT2D eigenvalue weighted by Crippen LogP contribution is -2.89. The quantitative estimate of drug-likeness (QED) is 0.253. The normalized spacial score (nSPS) is 33.8. The van der Waals surface area contributed by atoms with Crippen LogP contribution in [0.3, 0.4) is 0 Å². The molecule has 0 aromatic carbocycles. The van der Waals surface area contributed by atoms with E-state index in [0.29, 0.717) is 0 Å². The van der Waals surface area contributed by atoms with E-state index in [9.17, 15) is 49.4 Å². The molecule has 1 saturated carbocycles. The van der Waals surface area contributed by atoms with Crippen LogP contribution in [0.25, 0.3) is 0 Å². The zero-order valence-corrected chi connectivity index (χ0v) is 18.1. The summed E-state index contributed by atoms with van der Waals surface area (Å²) < 4.78 is 191. The molecule has 0 amide bonds. The Kier molecular flexibility index (Phi) is 7.30. The zero-order valence-electron chi connectivity index (χ0n) is 18.1. The smallest absolute Gasteiger partial charge is 0.414 e. The molecule has 1 aliphatic carbocycles. The lowest BCUT2D eigenvalue weighted by Gasteiger charge is -2.62. The molecular weight excluding hydrogens is 539 g/mol. The standard InChI is InChI=1S/C19H19F13O4/c1-3-12(18(27,28)29)15(23,24)13(34,10-7-5-4-6-8-10)16(25,26)17(36-12,19(30,31)32)35-11(33)9(2)14(20,21)22/h10,34H,2-8H2,1H3. The predicted octanol–water partition coefficient (Wildman–Crippen LogP) is 6.23. The van der Waals surface area contributed by atoms with Gasteiger partial charge in [-0.3, -0.25) is 0 Å². The summed E-state index contributed by atoms with van der Waals surface area (Å²) in [6.45, 7) is 2.17. The second kappa shape index (κ2) is 8.63. The molecule has 17 heteroatoms. The summed E-state index contributed by atoms with van der Waals surface area (Å²) in [6, 6.07) is 0. The Morgan fingerprint density at radius 3 is 1.75 bits per heavy atom. The highest BCUT2D eigenvalue weighted by atomic mass is 19.4. The third kappa shape index (κ3) is 3.86. The highest BCUT2D eigenvalue weighted by Crippen LogP contribution is 2.69. The van der Waals surface area contributed by atoms with Gasteiger partial charge in [0, 0.05) is 5.92 Å². The van der Waals surface area contributed by atoms with E-state index in [4.69, 9.17) is 0 Å². The van der Waals surface area contributed by atoms with Gasteiger partial charge in [0.15, 0.2) is 0 Å². The maximum absolute atomic E-state index is 15.6. The van der Waals surface area contributed by atoms with E-state index in [-0.39, 0.29) is 26.2 Å². The second-order valence-corrected chi connectivity index (χ2v) is 8.51. The summed E-state index contributed by atoms with van der Waals surface area (Å²) in [7, 11) is 0. The summed E-state index contributed by atoms with van der Waals surface area (Å²) in [5.41, 5.74) is -14.0. The number of alkyl halides is 13. The summed E-state index contributed by atoms with van der Waals surface area (Å²) in [4.78, 5) is 11.8. The molecule has 4 nitrogen and oxygen atoms in total. The van der Waals surface area contributed by atoms with Gasteiger partial charge in [0.2, 0.25) is 11.2 Å². The Morgan fingerprint density at radius 1 is 0.917 bits per heavy atom. The molecule has 1 aliphatic heterocycles. The summed E-state index contributed by atoms with van der Waals surface area (Å²) >= 11 is 0. The first kappa shape index (κ1) is 30.4. The van der Waals surface area contributed by atoms with E-state index in [1.54, 1.807) is 0 Å². The maximum atomic E-state index is 15.6. The van der Waals surface area contributed by atoms with Gasteiger partial charge in [-0.05, 0) is 19.3 Å². The molecule has 0 aromatic rings. The van der Waals surface area contributed by atoms with E-state index in [2.05, 4.69) is 9.47 Å². The third-order valence-corrected chi connectivity index (χ3v) is 6.55. The van der Waals surface area contributed by atoms with Crippen LogP contribution in [0.15, 0.2) is 12.2 Å².